The normalized spacial score (nSPS) is 27.2. The van der Waals surface area contributed by atoms with Crippen molar-refractivity contribution in [3.05, 3.63) is 0 Å². The Morgan fingerprint density at radius 2 is 1.78 bits per heavy atom. The van der Waals surface area contributed by atoms with Crippen LogP contribution >= 0.6 is 0 Å². The maximum absolute atomic E-state index is 3.65. The van der Waals surface area contributed by atoms with Gasteiger partial charge < -0.3 is 10.2 Å². The fraction of sp³-hybridized carbons (Fsp3) is 1.00. The summed E-state index contributed by atoms with van der Waals surface area (Å²) in [5, 5.41) is 3.65. The maximum atomic E-state index is 3.65. The van der Waals surface area contributed by atoms with E-state index in [2.05, 4.69) is 31.0 Å². The van der Waals surface area contributed by atoms with Gasteiger partial charge in [0.15, 0.2) is 0 Å². The van der Waals surface area contributed by atoms with Crippen molar-refractivity contribution in [3.8, 4) is 0 Å². The molecule has 1 saturated carbocycles. The second-order valence-electron chi connectivity index (χ2n) is 7.53. The highest BCUT2D eigenvalue weighted by Gasteiger charge is 2.24. The lowest BCUT2D eigenvalue weighted by molar-refractivity contribution is 0.286. The third-order valence-electron chi connectivity index (χ3n) is 4.62. The van der Waals surface area contributed by atoms with Crippen LogP contribution < -0.4 is 5.32 Å². The summed E-state index contributed by atoms with van der Waals surface area (Å²) in [4.78, 5) is 2.70. The highest BCUT2D eigenvalue weighted by atomic mass is 15.1. The van der Waals surface area contributed by atoms with Crippen molar-refractivity contribution in [1.29, 1.82) is 0 Å². The van der Waals surface area contributed by atoms with Gasteiger partial charge in [-0.3, -0.25) is 0 Å². The van der Waals surface area contributed by atoms with Gasteiger partial charge in [0.1, 0.15) is 0 Å². The quantitative estimate of drug-likeness (QED) is 0.808. The molecule has 2 fully saturated rings. The van der Waals surface area contributed by atoms with Gasteiger partial charge in [0, 0.05) is 12.1 Å². The zero-order valence-corrected chi connectivity index (χ0v) is 12.7. The molecule has 1 atom stereocenters. The molecular weight excluding hydrogens is 220 g/mol. The predicted octanol–water partition coefficient (Wildman–Crippen LogP) is 3.28. The molecule has 0 bridgehead atoms. The first-order valence-corrected chi connectivity index (χ1v) is 8.00. The molecule has 2 heteroatoms. The van der Waals surface area contributed by atoms with Gasteiger partial charge in [0.05, 0.1) is 0 Å². The van der Waals surface area contributed by atoms with Gasteiger partial charge in [-0.1, -0.05) is 25.7 Å². The van der Waals surface area contributed by atoms with Crippen LogP contribution in [-0.4, -0.2) is 36.6 Å². The summed E-state index contributed by atoms with van der Waals surface area (Å²) in [5.74, 6) is 1.93. The molecule has 0 spiro atoms. The van der Waals surface area contributed by atoms with Crippen LogP contribution in [0.4, 0.5) is 0 Å². The smallest absolute Gasteiger partial charge is 0.00966 e. The first kappa shape index (κ1) is 14.3. The van der Waals surface area contributed by atoms with Crippen LogP contribution in [0.1, 0.15) is 59.3 Å². The molecule has 2 rings (SSSR count). The van der Waals surface area contributed by atoms with E-state index < -0.39 is 0 Å². The van der Waals surface area contributed by atoms with E-state index in [1.54, 1.807) is 0 Å². The summed E-state index contributed by atoms with van der Waals surface area (Å²) in [6, 6.07) is 0. The highest BCUT2D eigenvalue weighted by molar-refractivity contribution is 4.81. The molecule has 1 N–H and O–H groups in total. The Morgan fingerprint density at radius 1 is 1.06 bits per heavy atom. The average Bonchev–Trinajstić information content (AvgIpc) is 2.94. The number of nitrogens with one attached hydrogen (secondary N) is 1. The Hall–Kier alpha value is -0.0800. The van der Waals surface area contributed by atoms with E-state index in [0.29, 0.717) is 0 Å². The van der Waals surface area contributed by atoms with Crippen molar-refractivity contribution in [3.63, 3.8) is 0 Å². The molecule has 106 valence electrons. The Balaban J connectivity index is 1.59. The topological polar surface area (TPSA) is 15.3 Å². The van der Waals surface area contributed by atoms with E-state index >= 15 is 0 Å². The Morgan fingerprint density at radius 3 is 2.44 bits per heavy atom. The molecular formula is C16H32N2. The van der Waals surface area contributed by atoms with Crippen LogP contribution in [0, 0.1) is 11.8 Å². The molecule has 2 nitrogen and oxygen atoms in total. The minimum Gasteiger partial charge on any atom is -0.312 e. The summed E-state index contributed by atoms with van der Waals surface area (Å²) in [6.07, 6.45) is 8.84. The molecule has 0 radical (unpaired) electrons. The fourth-order valence-electron chi connectivity index (χ4n) is 3.40. The molecule has 1 aliphatic heterocycles. The molecule has 0 aromatic rings. The maximum Gasteiger partial charge on any atom is 0.00966 e. The molecule has 1 saturated heterocycles. The van der Waals surface area contributed by atoms with Gasteiger partial charge in [-0.25, -0.2) is 0 Å². The molecule has 0 aromatic heterocycles. The summed E-state index contributed by atoms with van der Waals surface area (Å²) in [7, 11) is 0. The lowest BCUT2D eigenvalue weighted by Gasteiger charge is -2.23. The Labute approximate surface area is 114 Å². The molecule has 0 amide bonds. The van der Waals surface area contributed by atoms with Crippen molar-refractivity contribution in [2.45, 2.75) is 64.8 Å². The van der Waals surface area contributed by atoms with E-state index in [4.69, 9.17) is 0 Å². The van der Waals surface area contributed by atoms with E-state index in [9.17, 15) is 0 Å². The predicted molar refractivity (Wildman–Crippen MR) is 78.9 cm³/mol. The van der Waals surface area contributed by atoms with Crippen LogP contribution in [0.5, 0.6) is 0 Å². The summed E-state index contributed by atoms with van der Waals surface area (Å²) in [6.45, 7) is 12.0. The van der Waals surface area contributed by atoms with Crippen LogP contribution in [0.3, 0.4) is 0 Å². The van der Waals surface area contributed by atoms with Crippen LogP contribution in [0.2, 0.25) is 0 Å². The second-order valence-corrected chi connectivity index (χ2v) is 7.53. The zero-order valence-electron chi connectivity index (χ0n) is 12.7. The van der Waals surface area contributed by atoms with Gasteiger partial charge in [0.25, 0.3) is 0 Å². The van der Waals surface area contributed by atoms with Gasteiger partial charge in [-0.05, 0) is 65.1 Å². The number of hydrogen-bond donors (Lipinski definition) is 1. The molecule has 2 aliphatic rings. The number of likely N-dealkylation sites (tertiary alicyclic amines) is 1. The zero-order chi connectivity index (χ0) is 13.0. The van der Waals surface area contributed by atoms with E-state index in [0.717, 1.165) is 11.8 Å². The molecule has 0 aromatic carbocycles. The van der Waals surface area contributed by atoms with Crippen LogP contribution in [-0.2, 0) is 0 Å². The monoisotopic (exact) mass is 252 g/mol. The largest absolute Gasteiger partial charge is 0.312 e. The molecule has 18 heavy (non-hydrogen) atoms. The minimum absolute atomic E-state index is 0.275. The molecule has 1 heterocycles. The standard InChI is InChI=1S/C16H32N2/c1-16(2,3)17-12-15-9-11-18(13-15)10-8-14-6-4-5-7-14/h14-15,17H,4-13H2,1-3H3. The third-order valence-corrected chi connectivity index (χ3v) is 4.62. The SMILES string of the molecule is CC(C)(C)NCC1CCN(CCC2CCCC2)C1. The third kappa shape index (κ3) is 4.89. The number of hydrogen-bond acceptors (Lipinski definition) is 2. The van der Waals surface area contributed by atoms with Crippen molar-refractivity contribution < 1.29 is 0 Å². The minimum atomic E-state index is 0.275. The van der Waals surface area contributed by atoms with Crippen LogP contribution in [0.25, 0.3) is 0 Å². The van der Waals surface area contributed by atoms with E-state index in [1.807, 2.05) is 0 Å². The Bertz CT molecular complexity index is 238. The van der Waals surface area contributed by atoms with Gasteiger partial charge in [-0.15, -0.1) is 0 Å². The Kier molecular flexibility index (Phi) is 5.08. The van der Waals surface area contributed by atoms with Gasteiger partial charge >= 0.3 is 0 Å². The number of nitrogens with zero attached hydrogens (tertiary/aromatic N) is 1. The van der Waals surface area contributed by atoms with Crippen molar-refractivity contribution in [2.75, 3.05) is 26.2 Å². The summed E-state index contributed by atoms with van der Waals surface area (Å²) < 4.78 is 0. The summed E-state index contributed by atoms with van der Waals surface area (Å²) in [5.41, 5.74) is 0.275. The van der Waals surface area contributed by atoms with Crippen molar-refractivity contribution in [1.82, 2.24) is 10.2 Å². The van der Waals surface area contributed by atoms with E-state index in [1.165, 1.54) is 64.7 Å². The lowest BCUT2D eigenvalue weighted by Crippen LogP contribution is -2.39. The van der Waals surface area contributed by atoms with Gasteiger partial charge in [0.2, 0.25) is 0 Å². The average molecular weight is 252 g/mol. The van der Waals surface area contributed by atoms with Gasteiger partial charge in [-0.2, -0.15) is 0 Å². The summed E-state index contributed by atoms with van der Waals surface area (Å²) >= 11 is 0. The van der Waals surface area contributed by atoms with Crippen molar-refractivity contribution in [2.24, 2.45) is 11.8 Å². The first-order valence-electron chi connectivity index (χ1n) is 8.00. The molecule has 1 aliphatic carbocycles. The first-order chi connectivity index (χ1) is 8.53. The van der Waals surface area contributed by atoms with Crippen molar-refractivity contribution >= 4 is 0 Å². The number of rotatable bonds is 5. The fourth-order valence-corrected chi connectivity index (χ4v) is 3.40. The molecule has 1 unspecified atom stereocenters. The second kappa shape index (κ2) is 6.38. The lowest BCUT2D eigenvalue weighted by atomic mass is 10.0. The van der Waals surface area contributed by atoms with E-state index in [-0.39, 0.29) is 5.54 Å². The van der Waals surface area contributed by atoms with Crippen LogP contribution in [0.15, 0.2) is 0 Å². The highest BCUT2D eigenvalue weighted by Crippen LogP contribution is 2.28.